The molecule has 1 unspecified atom stereocenters. The van der Waals surface area contributed by atoms with Crippen LogP contribution < -0.4 is 0 Å². The van der Waals surface area contributed by atoms with E-state index < -0.39 is 16.6 Å². The fourth-order valence-electron chi connectivity index (χ4n) is 1.42. The van der Waals surface area contributed by atoms with Crippen LogP contribution in [0.5, 0.6) is 0 Å². The maximum atomic E-state index is 13.0. The molecule has 0 amide bonds. The maximum Gasteiger partial charge on any atom is 0.177 e. The van der Waals surface area contributed by atoms with Gasteiger partial charge < -0.3 is 0 Å². The van der Waals surface area contributed by atoms with Crippen LogP contribution in [0.1, 0.15) is 10.4 Å². The molecule has 2 aromatic rings. The van der Waals surface area contributed by atoms with Gasteiger partial charge in [-0.05, 0) is 56.1 Å². The molecule has 0 fully saturated rings. The van der Waals surface area contributed by atoms with Crippen molar-refractivity contribution in [3.8, 4) is 0 Å². The molecule has 2 nitrogen and oxygen atoms in total. The van der Waals surface area contributed by atoms with E-state index in [2.05, 4.69) is 31.9 Å². The van der Waals surface area contributed by atoms with Gasteiger partial charge >= 0.3 is 0 Å². The summed E-state index contributed by atoms with van der Waals surface area (Å²) in [4.78, 5) is 12.3. The zero-order chi connectivity index (χ0) is 14.0. The predicted octanol–water partition coefficient (Wildman–Crippen LogP) is 4.40. The minimum absolute atomic E-state index is 0.161. The van der Waals surface area contributed by atoms with Gasteiger partial charge in [-0.3, -0.25) is 9.00 Å². The first-order valence-electron chi connectivity index (χ1n) is 5.09. The van der Waals surface area contributed by atoms with Gasteiger partial charge in [0.05, 0.1) is 24.1 Å². The Morgan fingerprint density at radius 3 is 2.63 bits per heavy atom. The van der Waals surface area contributed by atoms with Gasteiger partial charge in [0.2, 0.25) is 0 Å². The minimum Gasteiger partial charge on any atom is -0.293 e. The van der Waals surface area contributed by atoms with Gasteiger partial charge in [-0.1, -0.05) is 6.07 Å². The molecule has 1 aromatic heterocycles. The molecule has 0 aliphatic rings. The summed E-state index contributed by atoms with van der Waals surface area (Å²) in [5.41, 5.74) is 0.488. The normalized spacial score (nSPS) is 12.4. The van der Waals surface area contributed by atoms with Gasteiger partial charge in [0, 0.05) is 10.5 Å². The molecule has 2 rings (SSSR count). The summed E-state index contributed by atoms with van der Waals surface area (Å²) in [7, 11) is -1.54. The van der Waals surface area contributed by atoms with Crippen LogP contribution in [0, 0.1) is 5.82 Å². The topological polar surface area (TPSA) is 34.1 Å². The lowest BCUT2D eigenvalue weighted by Crippen LogP contribution is -2.10. The first-order chi connectivity index (χ1) is 8.97. The van der Waals surface area contributed by atoms with Crippen molar-refractivity contribution in [2.24, 2.45) is 0 Å². The molecule has 0 aliphatic heterocycles. The van der Waals surface area contributed by atoms with E-state index in [4.69, 9.17) is 0 Å². The van der Waals surface area contributed by atoms with Crippen LogP contribution in [0.15, 0.2) is 42.8 Å². The Bertz CT molecular complexity index is 655. The van der Waals surface area contributed by atoms with Gasteiger partial charge in [-0.2, -0.15) is 0 Å². The van der Waals surface area contributed by atoms with Gasteiger partial charge in [0.25, 0.3) is 0 Å². The van der Waals surface area contributed by atoms with Crippen molar-refractivity contribution >= 4 is 59.8 Å². The number of carbonyl (C=O) groups is 1. The van der Waals surface area contributed by atoms with E-state index in [1.807, 2.05) is 0 Å². The zero-order valence-corrected chi connectivity index (χ0v) is 14.2. The van der Waals surface area contributed by atoms with E-state index in [0.717, 1.165) is 3.79 Å². The Morgan fingerprint density at radius 2 is 2.05 bits per heavy atom. The predicted molar refractivity (Wildman–Crippen MR) is 81.7 cm³/mol. The molecule has 0 bridgehead atoms. The van der Waals surface area contributed by atoms with Crippen LogP contribution in [0.3, 0.4) is 0 Å². The highest BCUT2D eigenvalue weighted by atomic mass is 79.9. The quantitative estimate of drug-likeness (QED) is 0.680. The third kappa shape index (κ3) is 3.81. The lowest BCUT2D eigenvalue weighted by molar-refractivity contribution is 0.102. The average molecular weight is 426 g/mol. The summed E-state index contributed by atoms with van der Waals surface area (Å²) in [5.74, 6) is -0.861. The first-order valence-corrected chi connectivity index (χ1v) is 8.81. The molecule has 100 valence electrons. The molecule has 0 spiro atoms. The van der Waals surface area contributed by atoms with Crippen LogP contribution in [-0.4, -0.2) is 15.7 Å². The SMILES string of the molecule is O=C(CS(=O)c1cccc(F)c1)c1cc(Br)sc1Br. The van der Waals surface area contributed by atoms with Crippen molar-refractivity contribution in [1.29, 1.82) is 0 Å². The number of thiophene rings is 1. The number of Topliss-reactive ketones (excluding diaryl/α,β-unsaturated/α-hetero) is 1. The van der Waals surface area contributed by atoms with Crippen molar-refractivity contribution in [2.75, 3.05) is 5.75 Å². The maximum absolute atomic E-state index is 13.0. The van der Waals surface area contributed by atoms with Crippen LogP contribution >= 0.6 is 43.2 Å². The number of benzene rings is 1. The van der Waals surface area contributed by atoms with Crippen LogP contribution in [0.2, 0.25) is 0 Å². The van der Waals surface area contributed by atoms with E-state index in [1.54, 1.807) is 12.1 Å². The van der Waals surface area contributed by atoms with Gasteiger partial charge in [-0.25, -0.2) is 4.39 Å². The fourth-order valence-corrected chi connectivity index (χ4v) is 5.31. The van der Waals surface area contributed by atoms with E-state index in [-0.39, 0.29) is 11.5 Å². The lowest BCUT2D eigenvalue weighted by atomic mass is 10.2. The summed E-state index contributed by atoms with van der Waals surface area (Å²) in [5, 5.41) is 0. The second-order valence-electron chi connectivity index (χ2n) is 3.61. The number of halogens is 3. The Kier molecular flexibility index (Phi) is 5.05. The average Bonchev–Trinajstić information content (AvgIpc) is 2.68. The zero-order valence-electron chi connectivity index (χ0n) is 9.36. The largest absolute Gasteiger partial charge is 0.293 e. The molecule has 0 aliphatic carbocycles. The molecule has 1 atom stereocenters. The van der Waals surface area contributed by atoms with E-state index in [1.165, 1.54) is 29.5 Å². The highest BCUT2D eigenvalue weighted by molar-refractivity contribution is 9.12. The first kappa shape index (κ1) is 15.0. The highest BCUT2D eigenvalue weighted by Gasteiger charge is 2.17. The molecule has 0 N–H and O–H groups in total. The van der Waals surface area contributed by atoms with E-state index in [0.29, 0.717) is 14.2 Å². The molecule has 7 heteroatoms. The Morgan fingerprint density at radius 1 is 1.32 bits per heavy atom. The minimum atomic E-state index is -1.54. The molecule has 1 heterocycles. The second-order valence-corrected chi connectivity index (χ2v) is 8.81. The van der Waals surface area contributed by atoms with Crippen LogP contribution in [0.4, 0.5) is 4.39 Å². The second kappa shape index (κ2) is 6.39. The van der Waals surface area contributed by atoms with Gasteiger partial charge in [0.15, 0.2) is 5.78 Å². The molecular formula is C12H7Br2FO2S2. The summed E-state index contributed by atoms with van der Waals surface area (Å²) < 4.78 is 26.5. The Hall–Kier alpha value is -0.370. The number of hydrogen-bond acceptors (Lipinski definition) is 3. The number of carbonyl (C=O) groups excluding carboxylic acids is 1. The summed E-state index contributed by atoms with van der Waals surface area (Å²) in [6.45, 7) is 0. The molecule has 0 radical (unpaired) electrons. The molecule has 0 saturated heterocycles. The number of hydrogen-bond donors (Lipinski definition) is 0. The third-order valence-electron chi connectivity index (χ3n) is 2.28. The Balaban J connectivity index is 2.15. The van der Waals surface area contributed by atoms with Gasteiger partial charge in [-0.15, -0.1) is 11.3 Å². The number of rotatable bonds is 4. The highest BCUT2D eigenvalue weighted by Crippen LogP contribution is 2.32. The number of ketones is 1. The van der Waals surface area contributed by atoms with Crippen molar-refractivity contribution in [3.05, 3.63) is 49.3 Å². The van der Waals surface area contributed by atoms with Crippen LogP contribution in [-0.2, 0) is 10.8 Å². The van der Waals surface area contributed by atoms with Crippen molar-refractivity contribution in [3.63, 3.8) is 0 Å². The summed E-state index contributed by atoms with van der Waals surface area (Å²) >= 11 is 7.94. The lowest BCUT2D eigenvalue weighted by Gasteiger charge is -2.01. The summed E-state index contributed by atoms with van der Waals surface area (Å²) in [6.07, 6.45) is 0. The third-order valence-corrected chi connectivity index (χ3v) is 5.92. The summed E-state index contributed by atoms with van der Waals surface area (Å²) in [6, 6.07) is 7.16. The smallest absolute Gasteiger partial charge is 0.177 e. The molecular weight excluding hydrogens is 419 g/mol. The van der Waals surface area contributed by atoms with Crippen molar-refractivity contribution in [2.45, 2.75) is 4.90 Å². The standard InChI is InChI=1S/C12H7Br2FO2S2/c13-11-5-9(12(14)18-11)10(16)6-19(17)8-3-1-2-7(15)4-8/h1-5H,6H2. The molecule has 19 heavy (non-hydrogen) atoms. The van der Waals surface area contributed by atoms with Crippen molar-refractivity contribution < 1.29 is 13.4 Å². The van der Waals surface area contributed by atoms with E-state index >= 15 is 0 Å². The molecule has 0 saturated carbocycles. The fraction of sp³-hybridized carbons (Fsp3) is 0.0833. The van der Waals surface area contributed by atoms with Crippen LogP contribution in [0.25, 0.3) is 0 Å². The van der Waals surface area contributed by atoms with E-state index in [9.17, 15) is 13.4 Å². The molecule has 1 aromatic carbocycles. The Labute approximate surface area is 132 Å². The monoisotopic (exact) mass is 424 g/mol. The van der Waals surface area contributed by atoms with Gasteiger partial charge in [0.1, 0.15) is 5.82 Å². The van der Waals surface area contributed by atoms with Crippen molar-refractivity contribution in [1.82, 2.24) is 0 Å².